The molecule has 0 amide bonds. The molecule has 4 nitrogen and oxygen atoms in total. The molecular formula is C9H19N3O. The summed E-state index contributed by atoms with van der Waals surface area (Å²) in [4.78, 5) is 13.5. The Balaban J connectivity index is 2.41. The van der Waals surface area contributed by atoms with Gasteiger partial charge in [0.25, 0.3) is 0 Å². The molecule has 0 radical (unpaired) electrons. The molecule has 0 bridgehead atoms. The van der Waals surface area contributed by atoms with E-state index in [1.54, 1.807) is 6.92 Å². The van der Waals surface area contributed by atoms with Crippen LogP contribution in [0.4, 0.5) is 0 Å². The minimum absolute atomic E-state index is 0.235. The van der Waals surface area contributed by atoms with Crippen LogP contribution in [0.3, 0.4) is 0 Å². The monoisotopic (exact) mass is 185 g/mol. The van der Waals surface area contributed by atoms with Crippen molar-refractivity contribution in [3.8, 4) is 0 Å². The summed E-state index contributed by atoms with van der Waals surface area (Å²) in [6.45, 7) is 9.03. The first-order valence-corrected chi connectivity index (χ1v) is 4.67. The molecule has 1 saturated heterocycles. The van der Waals surface area contributed by atoms with E-state index in [0.717, 1.165) is 26.6 Å². The van der Waals surface area contributed by atoms with Gasteiger partial charge in [0.15, 0.2) is 0 Å². The average Bonchev–Trinajstić information content (AvgIpc) is 2.05. The second-order valence-corrected chi connectivity index (χ2v) is 4.26. The molecule has 0 aromatic rings. The van der Waals surface area contributed by atoms with E-state index in [9.17, 15) is 4.79 Å². The van der Waals surface area contributed by atoms with Crippen LogP contribution < -0.4 is 10.6 Å². The molecule has 0 atom stereocenters. The van der Waals surface area contributed by atoms with Crippen LogP contribution in [-0.4, -0.2) is 37.2 Å². The molecule has 1 rings (SSSR count). The lowest BCUT2D eigenvalue weighted by Crippen LogP contribution is -2.53. The summed E-state index contributed by atoms with van der Waals surface area (Å²) in [6.07, 6.45) is 0. The van der Waals surface area contributed by atoms with Gasteiger partial charge in [-0.25, -0.2) is 0 Å². The van der Waals surface area contributed by atoms with E-state index < -0.39 is 0 Å². The second-order valence-electron chi connectivity index (χ2n) is 4.26. The van der Waals surface area contributed by atoms with Crippen molar-refractivity contribution in [2.75, 3.05) is 26.6 Å². The van der Waals surface area contributed by atoms with E-state index in [0.29, 0.717) is 0 Å². The number of carbonyl (C=O) groups excluding carboxylic acids is 1. The number of nitrogens with one attached hydrogen (secondary N) is 2. The lowest BCUT2D eigenvalue weighted by Gasteiger charge is -2.34. The number of rotatable bonds is 3. The molecule has 0 aliphatic carbocycles. The summed E-state index contributed by atoms with van der Waals surface area (Å²) >= 11 is 0. The van der Waals surface area contributed by atoms with Gasteiger partial charge in [-0.15, -0.1) is 0 Å². The lowest BCUT2D eigenvalue weighted by atomic mass is 9.88. The first kappa shape index (κ1) is 10.6. The maximum Gasteiger partial charge on any atom is 0.136 e. The van der Waals surface area contributed by atoms with Gasteiger partial charge < -0.3 is 0 Å². The largest absolute Gasteiger partial charge is 0.299 e. The highest BCUT2D eigenvalue weighted by Crippen LogP contribution is 2.17. The van der Waals surface area contributed by atoms with Crippen molar-refractivity contribution in [3.05, 3.63) is 0 Å². The smallest absolute Gasteiger partial charge is 0.136 e. The zero-order chi connectivity index (χ0) is 9.90. The first-order chi connectivity index (χ1) is 6.02. The molecule has 4 heteroatoms. The third kappa shape index (κ3) is 3.06. The normalized spacial score (nSPS) is 20.2. The van der Waals surface area contributed by atoms with E-state index in [2.05, 4.69) is 15.5 Å². The zero-order valence-corrected chi connectivity index (χ0v) is 8.68. The highest BCUT2D eigenvalue weighted by Gasteiger charge is 2.26. The van der Waals surface area contributed by atoms with Crippen LogP contribution in [0, 0.1) is 5.41 Å². The van der Waals surface area contributed by atoms with E-state index in [4.69, 9.17) is 0 Å². The predicted octanol–water partition coefficient (Wildman–Crippen LogP) is -0.0311. The van der Waals surface area contributed by atoms with Gasteiger partial charge in [0, 0.05) is 18.6 Å². The summed E-state index contributed by atoms with van der Waals surface area (Å²) in [5, 5.41) is 6.40. The highest BCUT2D eigenvalue weighted by molar-refractivity contribution is 5.81. The Bertz CT molecular complexity index is 185. The van der Waals surface area contributed by atoms with E-state index in [1.807, 2.05) is 13.8 Å². The molecule has 0 unspecified atom stereocenters. The van der Waals surface area contributed by atoms with Gasteiger partial charge in [-0.2, -0.15) is 0 Å². The Morgan fingerprint density at radius 2 is 1.92 bits per heavy atom. The number of Topliss-reactive ketones (excluding diaryl/α,β-unsaturated/α-hetero) is 1. The SMILES string of the molecule is CC(=O)C(C)(C)CN1CNCNC1. The van der Waals surface area contributed by atoms with Crippen molar-refractivity contribution in [3.63, 3.8) is 0 Å². The van der Waals surface area contributed by atoms with Gasteiger partial charge in [0.1, 0.15) is 5.78 Å². The van der Waals surface area contributed by atoms with E-state index in [1.165, 1.54) is 0 Å². The molecule has 1 heterocycles. The first-order valence-electron chi connectivity index (χ1n) is 4.67. The Morgan fingerprint density at radius 3 is 2.38 bits per heavy atom. The van der Waals surface area contributed by atoms with Crippen LogP contribution in [-0.2, 0) is 4.79 Å². The van der Waals surface area contributed by atoms with Gasteiger partial charge in [0.2, 0.25) is 0 Å². The van der Waals surface area contributed by atoms with Crippen LogP contribution in [0.25, 0.3) is 0 Å². The second kappa shape index (κ2) is 4.17. The molecule has 0 aromatic heterocycles. The zero-order valence-electron chi connectivity index (χ0n) is 8.68. The molecule has 1 fully saturated rings. The molecule has 0 spiro atoms. The fourth-order valence-electron chi connectivity index (χ4n) is 1.35. The Labute approximate surface area is 79.7 Å². The Hall–Kier alpha value is -0.450. The van der Waals surface area contributed by atoms with Gasteiger partial charge >= 0.3 is 0 Å². The Morgan fingerprint density at radius 1 is 1.38 bits per heavy atom. The highest BCUT2D eigenvalue weighted by atomic mass is 16.1. The topological polar surface area (TPSA) is 44.4 Å². The van der Waals surface area contributed by atoms with E-state index >= 15 is 0 Å². The fraction of sp³-hybridized carbons (Fsp3) is 0.889. The minimum atomic E-state index is -0.235. The van der Waals surface area contributed by atoms with Crippen LogP contribution >= 0.6 is 0 Å². The molecule has 1 aliphatic rings. The van der Waals surface area contributed by atoms with Crippen LogP contribution in [0.1, 0.15) is 20.8 Å². The standard InChI is InChI=1S/C9H19N3O/c1-8(13)9(2,3)4-12-6-10-5-11-7-12/h10-11H,4-7H2,1-3H3. The minimum Gasteiger partial charge on any atom is -0.299 e. The molecule has 0 aromatic carbocycles. The van der Waals surface area contributed by atoms with Crippen LogP contribution in [0.15, 0.2) is 0 Å². The number of hydrogen-bond donors (Lipinski definition) is 2. The lowest BCUT2D eigenvalue weighted by molar-refractivity contribution is -0.126. The van der Waals surface area contributed by atoms with Crippen LogP contribution in [0.2, 0.25) is 0 Å². The molecule has 13 heavy (non-hydrogen) atoms. The molecule has 0 saturated carbocycles. The van der Waals surface area contributed by atoms with Crippen molar-refractivity contribution in [1.82, 2.24) is 15.5 Å². The quantitative estimate of drug-likeness (QED) is 0.648. The van der Waals surface area contributed by atoms with Crippen molar-refractivity contribution in [1.29, 1.82) is 0 Å². The molecular weight excluding hydrogens is 166 g/mol. The summed E-state index contributed by atoms with van der Waals surface area (Å²) < 4.78 is 0. The van der Waals surface area contributed by atoms with Gasteiger partial charge in [0.05, 0.1) is 13.3 Å². The number of hydrogen-bond acceptors (Lipinski definition) is 4. The van der Waals surface area contributed by atoms with Crippen molar-refractivity contribution < 1.29 is 4.79 Å². The van der Waals surface area contributed by atoms with Crippen molar-refractivity contribution >= 4 is 5.78 Å². The van der Waals surface area contributed by atoms with Gasteiger partial charge in [-0.3, -0.25) is 20.3 Å². The fourth-order valence-corrected chi connectivity index (χ4v) is 1.35. The maximum atomic E-state index is 11.3. The van der Waals surface area contributed by atoms with Crippen LogP contribution in [0.5, 0.6) is 0 Å². The van der Waals surface area contributed by atoms with E-state index in [-0.39, 0.29) is 11.2 Å². The number of ketones is 1. The van der Waals surface area contributed by atoms with Gasteiger partial charge in [-0.05, 0) is 6.92 Å². The maximum absolute atomic E-state index is 11.3. The summed E-state index contributed by atoms with van der Waals surface area (Å²) in [5.74, 6) is 0.248. The molecule has 2 N–H and O–H groups in total. The van der Waals surface area contributed by atoms with Crippen molar-refractivity contribution in [2.24, 2.45) is 5.41 Å². The average molecular weight is 185 g/mol. The van der Waals surface area contributed by atoms with Crippen molar-refractivity contribution in [2.45, 2.75) is 20.8 Å². The number of carbonyl (C=O) groups is 1. The third-order valence-electron chi connectivity index (χ3n) is 2.49. The molecule has 1 aliphatic heterocycles. The summed E-state index contributed by atoms with van der Waals surface area (Å²) in [7, 11) is 0. The third-order valence-corrected chi connectivity index (χ3v) is 2.49. The predicted molar refractivity (Wildman–Crippen MR) is 52.0 cm³/mol. The Kier molecular flexibility index (Phi) is 3.41. The molecule has 76 valence electrons. The van der Waals surface area contributed by atoms with Gasteiger partial charge in [-0.1, -0.05) is 13.8 Å². The number of nitrogens with zero attached hydrogens (tertiary/aromatic N) is 1. The summed E-state index contributed by atoms with van der Waals surface area (Å²) in [6, 6.07) is 0. The summed E-state index contributed by atoms with van der Waals surface area (Å²) in [5.41, 5.74) is -0.235.